The zero-order valence-electron chi connectivity index (χ0n) is 14.3. The van der Waals surface area contributed by atoms with Crippen LogP contribution in [0.3, 0.4) is 0 Å². The molecule has 0 bridgehead atoms. The monoisotopic (exact) mass is 512 g/mol. The number of ether oxygens (including phenoxy) is 2. The second-order valence-electron chi connectivity index (χ2n) is 4.85. The van der Waals surface area contributed by atoms with Crippen molar-refractivity contribution in [3.05, 3.63) is 67.6 Å². The van der Waals surface area contributed by atoms with Crippen molar-refractivity contribution in [2.75, 3.05) is 14.2 Å². The second kappa shape index (κ2) is 10.8. The molecule has 0 saturated heterocycles. The molecule has 0 aromatic heterocycles. The summed E-state index contributed by atoms with van der Waals surface area (Å²) in [7, 11) is 2.62. The van der Waals surface area contributed by atoms with Crippen LogP contribution in [0, 0.1) is 11.3 Å². The van der Waals surface area contributed by atoms with Gasteiger partial charge in [-0.2, -0.15) is 5.26 Å². The summed E-state index contributed by atoms with van der Waals surface area (Å²) in [5.41, 5.74) is 7.29. The summed E-state index contributed by atoms with van der Waals surface area (Å²) in [6.45, 7) is 0. The van der Waals surface area contributed by atoms with Gasteiger partial charge >= 0.3 is 11.9 Å². The highest BCUT2D eigenvalue weighted by molar-refractivity contribution is 9.10. The van der Waals surface area contributed by atoms with Crippen molar-refractivity contribution in [3.63, 3.8) is 0 Å². The van der Waals surface area contributed by atoms with Gasteiger partial charge in [0.15, 0.2) is 0 Å². The predicted molar refractivity (Wildman–Crippen MR) is 112 cm³/mol. The Kier molecular flexibility index (Phi) is 9.08. The van der Waals surface area contributed by atoms with Gasteiger partial charge in [0.05, 0.1) is 37.0 Å². The molecule has 2 rings (SSSR count). The molecule has 0 aliphatic rings. The Bertz CT molecular complexity index is 926. The van der Waals surface area contributed by atoms with E-state index in [0.29, 0.717) is 31.2 Å². The number of nitrogens with zero attached hydrogens (tertiary/aromatic N) is 1. The number of halogens is 2. The van der Waals surface area contributed by atoms with E-state index in [1.54, 1.807) is 30.3 Å². The maximum absolute atomic E-state index is 11.3. The summed E-state index contributed by atoms with van der Waals surface area (Å²) < 4.78 is 10.4. The molecule has 0 fully saturated rings. The third-order valence-electron chi connectivity index (χ3n) is 3.16. The molecule has 27 heavy (non-hydrogen) atoms. The number of thiocarbonyl (C=S) groups is 1. The van der Waals surface area contributed by atoms with Gasteiger partial charge in [0.2, 0.25) is 0 Å². The summed E-state index contributed by atoms with van der Waals surface area (Å²) in [6.07, 6.45) is 0. The second-order valence-corrected chi connectivity index (χ2v) is 7.00. The fourth-order valence-corrected chi connectivity index (χ4v) is 2.75. The molecule has 2 aromatic carbocycles. The quantitative estimate of drug-likeness (QED) is 0.489. The van der Waals surface area contributed by atoms with Gasteiger partial charge in [-0.25, -0.2) is 9.59 Å². The van der Waals surface area contributed by atoms with Gasteiger partial charge in [-0.15, -0.1) is 0 Å². The molecule has 0 spiro atoms. The van der Waals surface area contributed by atoms with E-state index < -0.39 is 11.9 Å². The van der Waals surface area contributed by atoms with Gasteiger partial charge in [-0.1, -0.05) is 18.3 Å². The lowest BCUT2D eigenvalue weighted by Gasteiger charge is -2.04. The third-order valence-corrected chi connectivity index (χ3v) is 4.78. The SMILES string of the molecule is COC(=O)c1cc(C#N)ccc1Br.COC(=O)c1cc(C(N)=S)ccc1Br. The first-order valence-electron chi connectivity index (χ1n) is 7.20. The Morgan fingerprint density at radius 2 is 1.48 bits per heavy atom. The normalized spacial score (nSPS) is 9.30. The Balaban J connectivity index is 0.000000271. The minimum Gasteiger partial charge on any atom is -0.465 e. The molecule has 0 heterocycles. The zero-order valence-corrected chi connectivity index (χ0v) is 18.3. The molecule has 0 radical (unpaired) electrons. The molecular formula is C18H14Br2N2O4S. The first-order chi connectivity index (χ1) is 12.7. The maximum atomic E-state index is 11.3. The minimum absolute atomic E-state index is 0.252. The Labute approximate surface area is 178 Å². The van der Waals surface area contributed by atoms with E-state index in [-0.39, 0.29) is 4.99 Å². The topological polar surface area (TPSA) is 102 Å². The Morgan fingerprint density at radius 1 is 1.00 bits per heavy atom. The van der Waals surface area contributed by atoms with E-state index in [9.17, 15) is 9.59 Å². The van der Waals surface area contributed by atoms with E-state index in [1.165, 1.54) is 20.3 Å². The molecular weight excluding hydrogens is 500 g/mol. The summed E-state index contributed by atoms with van der Waals surface area (Å²) in [4.78, 5) is 22.7. The molecule has 0 aliphatic carbocycles. The van der Waals surface area contributed by atoms with Gasteiger partial charge in [0.1, 0.15) is 4.99 Å². The van der Waals surface area contributed by atoms with Crippen molar-refractivity contribution in [1.29, 1.82) is 5.26 Å². The van der Waals surface area contributed by atoms with Crippen molar-refractivity contribution < 1.29 is 19.1 Å². The van der Waals surface area contributed by atoms with Crippen molar-refractivity contribution in [3.8, 4) is 6.07 Å². The molecule has 9 heteroatoms. The van der Waals surface area contributed by atoms with E-state index in [1.807, 2.05) is 6.07 Å². The number of rotatable bonds is 3. The van der Waals surface area contributed by atoms with Gasteiger partial charge in [-0.3, -0.25) is 0 Å². The van der Waals surface area contributed by atoms with Crippen LogP contribution in [0.1, 0.15) is 31.8 Å². The summed E-state index contributed by atoms with van der Waals surface area (Å²) >= 11 is 11.2. The van der Waals surface area contributed by atoms with Crippen LogP contribution in [0.5, 0.6) is 0 Å². The number of methoxy groups -OCH3 is 2. The van der Waals surface area contributed by atoms with E-state index in [2.05, 4.69) is 41.3 Å². The molecule has 0 amide bonds. The standard InChI is InChI=1S/C9H8BrNO2S.C9H6BrNO2/c1-13-9(12)6-4-5(8(11)14)2-3-7(6)10;1-13-9(12)7-4-6(5-11)2-3-8(7)10/h2-4H,1H3,(H2,11,14);2-4H,1H3. The number of hydrogen-bond donors (Lipinski definition) is 1. The molecule has 0 unspecified atom stereocenters. The minimum atomic E-state index is -0.455. The molecule has 6 nitrogen and oxygen atoms in total. The summed E-state index contributed by atoms with van der Waals surface area (Å²) in [6, 6.07) is 11.7. The highest BCUT2D eigenvalue weighted by atomic mass is 79.9. The van der Waals surface area contributed by atoms with Crippen LogP contribution in [0.2, 0.25) is 0 Å². The van der Waals surface area contributed by atoms with Gasteiger partial charge in [0, 0.05) is 14.5 Å². The number of nitrogens with two attached hydrogens (primary N) is 1. The fraction of sp³-hybridized carbons (Fsp3) is 0.111. The maximum Gasteiger partial charge on any atom is 0.339 e. The third kappa shape index (κ3) is 6.43. The summed E-state index contributed by atoms with van der Waals surface area (Å²) in [5, 5.41) is 8.59. The molecule has 0 saturated carbocycles. The van der Waals surface area contributed by atoms with E-state index in [4.69, 9.17) is 23.2 Å². The van der Waals surface area contributed by atoms with Crippen LogP contribution in [-0.4, -0.2) is 31.1 Å². The Hall–Kier alpha value is -2.28. The van der Waals surface area contributed by atoms with Gasteiger partial charge in [-0.05, 0) is 62.2 Å². The first kappa shape index (κ1) is 22.8. The molecule has 140 valence electrons. The lowest BCUT2D eigenvalue weighted by molar-refractivity contribution is 0.0590. The van der Waals surface area contributed by atoms with E-state index >= 15 is 0 Å². The van der Waals surface area contributed by atoms with Crippen molar-refractivity contribution in [1.82, 2.24) is 0 Å². The Morgan fingerprint density at radius 3 is 1.93 bits per heavy atom. The van der Waals surface area contributed by atoms with Crippen LogP contribution >= 0.6 is 44.1 Å². The van der Waals surface area contributed by atoms with Gasteiger partial charge < -0.3 is 15.2 Å². The van der Waals surface area contributed by atoms with Crippen molar-refractivity contribution >= 4 is 61.0 Å². The lowest BCUT2D eigenvalue weighted by Crippen LogP contribution is -2.11. The molecule has 0 atom stereocenters. The first-order valence-corrected chi connectivity index (χ1v) is 9.20. The highest BCUT2D eigenvalue weighted by Crippen LogP contribution is 2.19. The highest BCUT2D eigenvalue weighted by Gasteiger charge is 2.12. The fourth-order valence-electron chi connectivity index (χ4n) is 1.81. The number of esters is 2. The number of carbonyl (C=O) groups is 2. The van der Waals surface area contributed by atoms with Crippen LogP contribution in [0.15, 0.2) is 45.3 Å². The van der Waals surface area contributed by atoms with Crippen molar-refractivity contribution in [2.24, 2.45) is 5.73 Å². The smallest absolute Gasteiger partial charge is 0.339 e. The largest absolute Gasteiger partial charge is 0.465 e. The molecule has 0 aliphatic heterocycles. The molecule has 2 N–H and O–H groups in total. The zero-order chi connectivity index (χ0) is 20.6. The van der Waals surface area contributed by atoms with Crippen LogP contribution in [0.25, 0.3) is 0 Å². The number of hydrogen-bond acceptors (Lipinski definition) is 6. The average molecular weight is 514 g/mol. The van der Waals surface area contributed by atoms with Crippen LogP contribution < -0.4 is 5.73 Å². The van der Waals surface area contributed by atoms with Crippen LogP contribution in [-0.2, 0) is 9.47 Å². The number of carbonyl (C=O) groups excluding carboxylic acids is 2. The lowest BCUT2D eigenvalue weighted by atomic mass is 10.1. The van der Waals surface area contributed by atoms with E-state index in [0.717, 1.165) is 0 Å². The van der Waals surface area contributed by atoms with Gasteiger partial charge in [0.25, 0.3) is 0 Å². The number of benzene rings is 2. The van der Waals surface area contributed by atoms with Crippen molar-refractivity contribution in [2.45, 2.75) is 0 Å². The molecule has 2 aromatic rings. The summed E-state index contributed by atoms with van der Waals surface area (Å²) in [5.74, 6) is -0.876. The number of nitriles is 1. The predicted octanol–water partition coefficient (Wildman–Crippen LogP) is 3.98. The average Bonchev–Trinajstić information content (AvgIpc) is 2.67. The van der Waals surface area contributed by atoms with Crippen LogP contribution in [0.4, 0.5) is 0 Å².